The normalized spacial score (nSPS) is 25.5. The van der Waals surface area contributed by atoms with Crippen molar-refractivity contribution in [1.29, 1.82) is 0 Å². The van der Waals surface area contributed by atoms with Crippen LogP contribution in [0, 0.1) is 0 Å². The van der Waals surface area contributed by atoms with Gasteiger partial charge in [-0.15, -0.1) is 0 Å². The summed E-state index contributed by atoms with van der Waals surface area (Å²) in [5.41, 5.74) is 0. The predicted molar refractivity (Wildman–Crippen MR) is 206 cm³/mol. The second-order valence-electron chi connectivity index (χ2n) is 13.5. The molecule has 0 spiro atoms. The molecule has 10 atom stereocenters. The third-order valence-electron chi connectivity index (χ3n) is 9.03. The van der Waals surface area contributed by atoms with Crippen molar-refractivity contribution in [2.75, 3.05) is 13.2 Å². The Hall–Kier alpha value is -5.64. The molecule has 348 valence electrons. The highest BCUT2D eigenvalue weighted by Gasteiger charge is 2.54. The molecule has 0 aromatic carbocycles. The highest BCUT2D eigenvalue weighted by atomic mass is 16.7. The van der Waals surface area contributed by atoms with Crippen LogP contribution in [-0.2, 0) is 95.3 Å². The van der Waals surface area contributed by atoms with Gasteiger partial charge in [-0.05, 0) is 0 Å². The lowest BCUT2D eigenvalue weighted by atomic mass is 9.95. The number of carbonyl (C=O) groups excluding carboxylic acids is 10. The zero-order valence-electron chi connectivity index (χ0n) is 36.2. The van der Waals surface area contributed by atoms with Crippen LogP contribution in [0.2, 0.25) is 0 Å². The number of ether oxygens (including phenoxy) is 10. The molecule has 0 saturated carbocycles. The van der Waals surface area contributed by atoms with Crippen LogP contribution in [-0.4, -0.2) is 134 Å². The smallest absolute Gasteiger partial charge is 0.333 e. The maximum absolute atomic E-state index is 13.3. The Morgan fingerprint density at radius 2 is 0.694 bits per heavy atom. The summed E-state index contributed by atoms with van der Waals surface area (Å²) in [7, 11) is 0. The molecule has 22 heteroatoms. The van der Waals surface area contributed by atoms with E-state index in [2.05, 4.69) is 10.6 Å². The molecule has 0 aromatic rings. The van der Waals surface area contributed by atoms with Crippen LogP contribution < -0.4 is 10.6 Å². The lowest BCUT2D eigenvalue weighted by Gasteiger charge is -2.44. The molecule has 2 saturated heterocycles. The molecule has 0 radical (unpaired) electrons. The molecule has 2 amide bonds. The van der Waals surface area contributed by atoms with Crippen LogP contribution in [0.15, 0.2) is 12.2 Å². The lowest BCUT2D eigenvalue weighted by molar-refractivity contribution is -0.271. The number of amides is 2. The van der Waals surface area contributed by atoms with Crippen molar-refractivity contribution in [2.24, 2.45) is 0 Å². The molecule has 2 fully saturated rings. The molecule has 2 heterocycles. The first kappa shape index (κ1) is 52.5. The highest BCUT2D eigenvalue weighted by molar-refractivity contribution is 5.92. The van der Waals surface area contributed by atoms with Crippen molar-refractivity contribution in [2.45, 2.75) is 168 Å². The van der Waals surface area contributed by atoms with Crippen LogP contribution >= 0.6 is 0 Å². The van der Waals surface area contributed by atoms with E-state index in [1.165, 1.54) is 55.4 Å². The molecule has 0 aromatic heterocycles. The van der Waals surface area contributed by atoms with Crippen molar-refractivity contribution < 1.29 is 95.3 Å². The molecule has 2 aliphatic rings. The zero-order valence-corrected chi connectivity index (χ0v) is 36.2. The molecule has 0 bridgehead atoms. The Labute approximate surface area is 358 Å². The van der Waals surface area contributed by atoms with Gasteiger partial charge in [0.25, 0.3) is 0 Å². The number of nitrogens with one attached hydrogen (secondary N) is 2. The fourth-order valence-corrected chi connectivity index (χ4v) is 5.66. The van der Waals surface area contributed by atoms with Gasteiger partial charge in [0.05, 0.1) is 0 Å². The van der Waals surface area contributed by atoms with Crippen molar-refractivity contribution in [3.05, 3.63) is 12.2 Å². The van der Waals surface area contributed by atoms with Crippen LogP contribution in [0.1, 0.15) is 107 Å². The summed E-state index contributed by atoms with van der Waals surface area (Å²) >= 11 is 0. The Balaban J connectivity index is 2.53. The molecule has 22 nitrogen and oxygen atoms in total. The van der Waals surface area contributed by atoms with Gasteiger partial charge >= 0.3 is 47.8 Å². The van der Waals surface area contributed by atoms with E-state index in [4.69, 9.17) is 47.4 Å². The maximum Gasteiger partial charge on any atom is 0.333 e. The quantitative estimate of drug-likeness (QED) is 0.0873. The van der Waals surface area contributed by atoms with Gasteiger partial charge < -0.3 is 58.0 Å². The summed E-state index contributed by atoms with van der Waals surface area (Å²) in [6.45, 7) is 10.9. The lowest BCUT2D eigenvalue weighted by Crippen LogP contribution is -2.67. The Bertz CT molecular complexity index is 1520. The van der Waals surface area contributed by atoms with Gasteiger partial charge in [0.15, 0.2) is 24.4 Å². The summed E-state index contributed by atoms with van der Waals surface area (Å²) in [4.78, 5) is 127. The second kappa shape index (κ2) is 26.6. The average molecular weight is 887 g/mol. The van der Waals surface area contributed by atoms with Gasteiger partial charge in [-0.25, -0.2) is 9.59 Å². The molecular weight excluding hydrogens is 828 g/mol. The van der Waals surface area contributed by atoms with Gasteiger partial charge in [-0.3, -0.25) is 38.4 Å². The van der Waals surface area contributed by atoms with E-state index < -0.39 is 134 Å². The van der Waals surface area contributed by atoms with E-state index in [9.17, 15) is 47.9 Å². The molecule has 0 unspecified atom stereocenters. The SMILES string of the molecule is CCC(=O)N[C@H]1[C@@H](OC(=O)/C=C/C(=O)O[C@H]2O[C@H](COC(=O)CC)[C@@H](OC(=O)CC)[C@H](OC(=O)CC)[C@H]2NC(=O)CC)O[C@H](COC(=O)CC)[C@@H](OC(=O)CC)[C@@H]1OC(=O)CC. The molecule has 62 heavy (non-hydrogen) atoms. The second-order valence-corrected chi connectivity index (χ2v) is 13.5. The fraction of sp³-hybridized carbons (Fsp3) is 0.700. The number of rotatable bonds is 22. The molecule has 2 N–H and O–H groups in total. The van der Waals surface area contributed by atoms with E-state index in [1.807, 2.05) is 0 Å². The number of hydrogen-bond donors (Lipinski definition) is 2. The minimum Gasteiger partial charge on any atom is -0.463 e. The van der Waals surface area contributed by atoms with Crippen molar-refractivity contribution in [3.8, 4) is 0 Å². The Morgan fingerprint density at radius 1 is 0.403 bits per heavy atom. The fourth-order valence-electron chi connectivity index (χ4n) is 5.66. The van der Waals surface area contributed by atoms with Gasteiger partial charge in [0.1, 0.15) is 37.5 Å². The molecule has 2 aliphatic heterocycles. The Kier molecular flexibility index (Phi) is 22.6. The topological polar surface area (TPSA) is 287 Å². The van der Waals surface area contributed by atoms with E-state index >= 15 is 0 Å². The summed E-state index contributed by atoms with van der Waals surface area (Å²) in [6.07, 6.45) is -12.1. The third-order valence-corrected chi connectivity index (χ3v) is 9.03. The number of carbonyl (C=O) groups is 10. The van der Waals surface area contributed by atoms with E-state index in [0.717, 1.165) is 0 Å². The average Bonchev–Trinajstić information content (AvgIpc) is 3.26. The van der Waals surface area contributed by atoms with Gasteiger partial charge in [-0.1, -0.05) is 55.4 Å². The zero-order chi connectivity index (χ0) is 46.5. The first-order valence-corrected chi connectivity index (χ1v) is 20.6. The summed E-state index contributed by atoms with van der Waals surface area (Å²) in [5.74, 6) is -8.30. The summed E-state index contributed by atoms with van der Waals surface area (Å²) in [6, 6.07) is -3.02. The van der Waals surface area contributed by atoms with Crippen LogP contribution in [0.5, 0.6) is 0 Å². The van der Waals surface area contributed by atoms with Crippen molar-refractivity contribution >= 4 is 59.6 Å². The van der Waals surface area contributed by atoms with E-state index in [1.54, 1.807) is 0 Å². The van der Waals surface area contributed by atoms with Crippen LogP contribution in [0.3, 0.4) is 0 Å². The minimum atomic E-state index is -1.81. The van der Waals surface area contributed by atoms with Gasteiger partial charge in [-0.2, -0.15) is 0 Å². The summed E-state index contributed by atoms with van der Waals surface area (Å²) in [5, 5.41) is 5.10. The van der Waals surface area contributed by atoms with Crippen molar-refractivity contribution in [3.63, 3.8) is 0 Å². The molecule has 0 aliphatic carbocycles. The number of esters is 8. The summed E-state index contributed by atoms with van der Waals surface area (Å²) < 4.78 is 55.7. The molecule has 2 rings (SSSR count). The van der Waals surface area contributed by atoms with Crippen LogP contribution in [0.25, 0.3) is 0 Å². The first-order chi connectivity index (χ1) is 29.5. The van der Waals surface area contributed by atoms with Gasteiger partial charge in [0.2, 0.25) is 24.4 Å². The van der Waals surface area contributed by atoms with Gasteiger partial charge in [0, 0.05) is 63.5 Å². The van der Waals surface area contributed by atoms with Crippen molar-refractivity contribution in [1.82, 2.24) is 10.6 Å². The number of hydrogen-bond acceptors (Lipinski definition) is 20. The Morgan fingerprint density at radius 3 is 0.968 bits per heavy atom. The standard InChI is InChI=1S/C40H58N2O20/c1-9-23(43)41-33-37(59-29(49)15-7)35(57-27(47)13-5)21(19-53-25(45)11-3)55-39(33)61-31(51)17-18-32(52)62-40-34(42-24(44)10-2)38(60-30(50)16-8)36(58-28(48)14-6)22(56-40)20-54-26(46)12-4/h17-18,21-22,33-40H,9-16,19-20H2,1-8H3,(H,41,43)(H,42,44)/b18-17+/t21-,22-,33-,34-,35-,36-,37-,38-,39-,40-/m1/s1. The first-order valence-electron chi connectivity index (χ1n) is 20.6. The maximum atomic E-state index is 13.3. The minimum absolute atomic E-state index is 0.0447. The van der Waals surface area contributed by atoms with E-state index in [-0.39, 0.29) is 51.4 Å². The molecular formula is C40H58N2O20. The third kappa shape index (κ3) is 16.3. The largest absolute Gasteiger partial charge is 0.463 e. The van der Waals surface area contributed by atoms with E-state index in [0.29, 0.717) is 12.2 Å². The highest BCUT2D eigenvalue weighted by Crippen LogP contribution is 2.30. The van der Waals surface area contributed by atoms with Crippen LogP contribution in [0.4, 0.5) is 0 Å². The monoisotopic (exact) mass is 886 g/mol. The predicted octanol–water partition coefficient (Wildman–Crippen LogP) is 1.06.